The first-order valence-electron chi connectivity index (χ1n) is 19.8. The standard InChI is InChI=1S/C54H39N5/c1-3-5-26-44(4-2)58-50-32-29-42(35-52(50)59-51-34-41(37-18-10-6-11-19-37)28-31-47(51)57-54(58)59)45-30-27-43(33-46(45)38-20-12-7-13-21-38)53-55-48(39-22-14-8-15-23-39)36-49(56-53)40-24-16-9-17-25-40/h3-36H,1H2,2H3/b26-5-,44-4+. The zero-order valence-corrected chi connectivity index (χ0v) is 32.6. The van der Waals surface area contributed by atoms with E-state index >= 15 is 0 Å². The zero-order chi connectivity index (χ0) is 39.7. The fraction of sp³-hybridized carbons (Fsp3) is 0.0185. The number of nitrogens with zero attached hydrogens (tertiary/aromatic N) is 5. The van der Waals surface area contributed by atoms with E-state index in [0.29, 0.717) is 5.82 Å². The molecule has 0 aliphatic heterocycles. The fourth-order valence-electron chi connectivity index (χ4n) is 8.03. The van der Waals surface area contributed by atoms with Crippen LogP contribution in [0.5, 0.6) is 0 Å². The lowest BCUT2D eigenvalue weighted by Crippen LogP contribution is -1.97. The van der Waals surface area contributed by atoms with E-state index in [4.69, 9.17) is 15.0 Å². The van der Waals surface area contributed by atoms with Crippen LogP contribution in [0.2, 0.25) is 0 Å². The summed E-state index contributed by atoms with van der Waals surface area (Å²) in [5.74, 6) is 1.52. The van der Waals surface area contributed by atoms with Gasteiger partial charge in [0.05, 0.1) is 33.5 Å². The summed E-state index contributed by atoms with van der Waals surface area (Å²) in [4.78, 5) is 15.6. The van der Waals surface area contributed by atoms with Gasteiger partial charge >= 0.3 is 0 Å². The van der Waals surface area contributed by atoms with Crippen molar-refractivity contribution in [2.75, 3.05) is 0 Å². The van der Waals surface area contributed by atoms with Gasteiger partial charge < -0.3 is 0 Å². The van der Waals surface area contributed by atoms with E-state index in [1.54, 1.807) is 6.08 Å². The van der Waals surface area contributed by atoms with Crippen LogP contribution in [0, 0.1) is 0 Å². The van der Waals surface area contributed by atoms with Crippen LogP contribution in [0.1, 0.15) is 6.92 Å². The third-order valence-electron chi connectivity index (χ3n) is 10.9. The number of hydrogen-bond acceptors (Lipinski definition) is 3. The molecule has 0 aliphatic carbocycles. The molecule has 0 bridgehead atoms. The van der Waals surface area contributed by atoms with Crippen LogP contribution in [0.15, 0.2) is 213 Å². The Balaban J connectivity index is 1.19. The molecule has 3 heterocycles. The van der Waals surface area contributed by atoms with E-state index < -0.39 is 0 Å². The number of aromatic nitrogens is 5. The Morgan fingerprint density at radius 2 is 1.05 bits per heavy atom. The second-order valence-corrected chi connectivity index (χ2v) is 14.5. The van der Waals surface area contributed by atoms with Gasteiger partial charge in [0.1, 0.15) is 0 Å². The quantitative estimate of drug-likeness (QED) is 0.138. The molecule has 7 aromatic carbocycles. The number of hydrogen-bond donors (Lipinski definition) is 0. The highest BCUT2D eigenvalue weighted by Gasteiger charge is 2.20. The van der Waals surface area contributed by atoms with Gasteiger partial charge in [-0.3, -0.25) is 8.97 Å². The summed E-state index contributed by atoms with van der Waals surface area (Å²) >= 11 is 0. The summed E-state index contributed by atoms with van der Waals surface area (Å²) in [7, 11) is 0. The highest BCUT2D eigenvalue weighted by Crippen LogP contribution is 2.39. The maximum absolute atomic E-state index is 5.25. The van der Waals surface area contributed by atoms with Crippen LogP contribution in [0.3, 0.4) is 0 Å². The van der Waals surface area contributed by atoms with Crippen molar-refractivity contribution >= 4 is 33.5 Å². The van der Waals surface area contributed by atoms with Crippen molar-refractivity contribution in [2.24, 2.45) is 0 Å². The molecular weight excluding hydrogens is 719 g/mol. The van der Waals surface area contributed by atoms with Gasteiger partial charge in [0.15, 0.2) is 5.82 Å². The first-order chi connectivity index (χ1) is 29.2. The number of allylic oxidation sites excluding steroid dienone is 5. The van der Waals surface area contributed by atoms with Gasteiger partial charge in [0.2, 0.25) is 5.78 Å². The van der Waals surface area contributed by atoms with Gasteiger partial charge in [-0.05, 0) is 82.8 Å². The van der Waals surface area contributed by atoms with Crippen molar-refractivity contribution in [3.05, 3.63) is 213 Å². The van der Waals surface area contributed by atoms with Crippen LogP contribution in [0.4, 0.5) is 0 Å². The predicted molar refractivity (Wildman–Crippen MR) is 246 cm³/mol. The van der Waals surface area contributed by atoms with Gasteiger partial charge in [-0.2, -0.15) is 0 Å². The molecule has 3 aromatic heterocycles. The summed E-state index contributed by atoms with van der Waals surface area (Å²) in [5, 5.41) is 0. The summed E-state index contributed by atoms with van der Waals surface area (Å²) in [6.45, 7) is 6.00. The Morgan fingerprint density at radius 1 is 0.475 bits per heavy atom. The maximum Gasteiger partial charge on any atom is 0.220 e. The highest BCUT2D eigenvalue weighted by atomic mass is 15.2. The molecule has 59 heavy (non-hydrogen) atoms. The number of rotatable bonds is 9. The lowest BCUT2D eigenvalue weighted by atomic mass is 9.92. The summed E-state index contributed by atoms with van der Waals surface area (Å²) in [6, 6.07) is 63.7. The van der Waals surface area contributed by atoms with Crippen molar-refractivity contribution in [3.63, 3.8) is 0 Å². The smallest absolute Gasteiger partial charge is 0.220 e. The average molecular weight is 758 g/mol. The predicted octanol–water partition coefficient (Wildman–Crippen LogP) is 13.8. The molecule has 0 spiro atoms. The molecule has 10 rings (SSSR count). The minimum absolute atomic E-state index is 0.675. The number of fused-ring (bicyclic) bond motifs is 5. The third kappa shape index (κ3) is 6.55. The van der Waals surface area contributed by atoms with Gasteiger partial charge in [0, 0.05) is 22.4 Å². The van der Waals surface area contributed by atoms with Crippen LogP contribution >= 0.6 is 0 Å². The molecule has 0 N–H and O–H groups in total. The van der Waals surface area contributed by atoms with Crippen LogP contribution in [-0.2, 0) is 0 Å². The molecule has 0 saturated carbocycles. The SMILES string of the molecule is C=C/C=C\C(=C/C)n1c2ccc(-c3ccc(-c4nc(-c5ccccc5)cc(-c5ccccc5)n4)cc3-c3ccccc3)cc2n2c3cc(-c4ccccc4)ccc3nc12. The Kier molecular flexibility index (Phi) is 9.16. The van der Waals surface area contributed by atoms with Gasteiger partial charge in [-0.1, -0.05) is 170 Å². The monoisotopic (exact) mass is 757 g/mol. The van der Waals surface area contributed by atoms with Crippen LogP contribution < -0.4 is 0 Å². The van der Waals surface area contributed by atoms with E-state index in [-0.39, 0.29) is 0 Å². The van der Waals surface area contributed by atoms with E-state index in [2.05, 4.69) is 180 Å². The lowest BCUT2D eigenvalue weighted by molar-refractivity contribution is 1.14. The minimum Gasteiger partial charge on any atom is -0.278 e. The maximum atomic E-state index is 5.25. The topological polar surface area (TPSA) is 48.0 Å². The zero-order valence-electron chi connectivity index (χ0n) is 32.6. The molecule has 5 heteroatoms. The highest BCUT2D eigenvalue weighted by molar-refractivity contribution is 5.98. The molecular formula is C54H39N5. The molecule has 0 fully saturated rings. The van der Waals surface area contributed by atoms with Gasteiger partial charge in [-0.15, -0.1) is 0 Å². The first-order valence-corrected chi connectivity index (χ1v) is 19.8. The summed E-state index contributed by atoms with van der Waals surface area (Å²) < 4.78 is 4.54. The van der Waals surface area contributed by atoms with Crippen molar-refractivity contribution < 1.29 is 0 Å². The Hall–Kier alpha value is -7.89. The van der Waals surface area contributed by atoms with E-state index in [0.717, 1.165) is 89.4 Å². The summed E-state index contributed by atoms with van der Waals surface area (Å²) in [6.07, 6.45) is 7.97. The molecule has 10 aromatic rings. The minimum atomic E-state index is 0.675. The first kappa shape index (κ1) is 35.5. The van der Waals surface area contributed by atoms with Crippen LogP contribution in [0.25, 0.3) is 101 Å². The Morgan fingerprint density at radius 3 is 1.68 bits per heavy atom. The fourth-order valence-corrected chi connectivity index (χ4v) is 8.03. The molecule has 0 amide bonds. The van der Waals surface area contributed by atoms with Crippen molar-refractivity contribution in [1.29, 1.82) is 0 Å². The molecule has 5 nitrogen and oxygen atoms in total. The molecule has 280 valence electrons. The van der Waals surface area contributed by atoms with Crippen molar-refractivity contribution in [3.8, 4) is 67.3 Å². The third-order valence-corrected chi connectivity index (χ3v) is 10.9. The lowest BCUT2D eigenvalue weighted by Gasteiger charge is -2.14. The molecule has 0 atom stereocenters. The van der Waals surface area contributed by atoms with Gasteiger partial charge in [0.25, 0.3) is 0 Å². The average Bonchev–Trinajstić information content (AvgIpc) is 3.84. The molecule has 0 unspecified atom stereocenters. The van der Waals surface area contributed by atoms with E-state index in [1.807, 2.05) is 42.5 Å². The van der Waals surface area contributed by atoms with Gasteiger partial charge in [-0.25, -0.2) is 15.0 Å². The van der Waals surface area contributed by atoms with E-state index in [9.17, 15) is 0 Å². The Labute approximate surface area is 343 Å². The number of benzene rings is 7. The molecule has 0 saturated heterocycles. The Bertz CT molecular complexity index is 3150. The van der Waals surface area contributed by atoms with Crippen LogP contribution in [-0.4, -0.2) is 23.9 Å². The van der Waals surface area contributed by atoms with Crippen molar-refractivity contribution in [1.82, 2.24) is 23.9 Å². The second-order valence-electron chi connectivity index (χ2n) is 14.5. The normalized spacial score (nSPS) is 11.9. The van der Waals surface area contributed by atoms with E-state index in [1.165, 1.54) is 5.56 Å². The molecule has 0 aliphatic rings. The summed E-state index contributed by atoms with van der Waals surface area (Å²) in [5.41, 5.74) is 16.6. The largest absolute Gasteiger partial charge is 0.278 e. The van der Waals surface area contributed by atoms with Crippen molar-refractivity contribution in [2.45, 2.75) is 6.92 Å². The second kappa shape index (κ2) is 15.2. The number of imidazole rings is 2. The molecule has 0 radical (unpaired) electrons.